The van der Waals surface area contributed by atoms with E-state index in [-0.39, 0.29) is 0 Å². The lowest BCUT2D eigenvalue weighted by molar-refractivity contribution is 0.141. The number of nitrogens with zero attached hydrogens (tertiary/aromatic N) is 5. The molecule has 3 fully saturated rings. The first-order valence-corrected chi connectivity index (χ1v) is 14.6. The van der Waals surface area contributed by atoms with E-state index in [1.165, 1.54) is 50.9 Å². The van der Waals surface area contributed by atoms with Gasteiger partial charge >= 0.3 is 0 Å². The van der Waals surface area contributed by atoms with Crippen molar-refractivity contribution in [2.45, 2.75) is 57.0 Å². The molecule has 0 bridgehead atoms. The monoisotopic (exact) mass is 512 g/mol. The van der Waals surface area contributed by atoms with Gasteiger partial charge < -0.3 is 25.0 Å². The zero-order valence-corrected chi connectivity index (χ0v) is 22.5. The molecule has 3 aliphatic heterocycles. The van der Waals surface area contributed by atoms with Crippen LogP contribution in [0.25, 0.3) is 33.5 Å². The number of hydrogen-bond acceptors (Lipinski definition) is 6. The van der Waals surface area contributed by atoms with Crippen molar-refractivity contribution in [3.05, 3.63) is 36.4 Å². The van der Waals surface area contributed by atoms with Gasteiger partial charge in [0, 0.05) is 36.2 Å². The third-order valence-corrected chi connectivity index (χ3v) is 9.10. The van der Waals surface area contributed by atoms with Crippen molar-refractivity contribution < 1.29 is 0 Å². The lowest BCUT2D eigenvalue weighted by Gasteiger charge is -2.41. The molecule has 0 aliphatic carbocycles. The van der Waals surface area contributed by atoms with Crippen LogP contribution in [0.2, 0.25) is 0 Å². The van der Waals surface area contributed by atoms with Gasteiger partial charge in [0.2, 0.25) is 0 Å². The van der Waals surface area contributed by atoms with Crippen molar-refractivity contribution in [1.82, 2.24) is 30.0 Å². The highest BCUT2D eigenvalue weighted by atomic mass is 15.2. The van der Waals surface area contributed by atoms with Crippen molar-refractivity contribution >= 4 is 33.3 Å². The largest absolute Gasteiger partial charge is 0.380 e. The quantitative estimate of drug-likeness (QED) is 0.347. The number of aromatic amines is 2. The van der Waals surface area contributed by atoms with E-state index in [1.807, 2.05) is 0 Å². The molecule has 8 heteroatoms. The molecule has 4 aromatic rings. The number of benzene rings is 2. The van der Waals surface area contributed by atoms with Crippen LogP contribution in [0.5, 0.6) is 0 Å². The molecule has 0 unspecified atom stereocenters. The zero-order valence-electron chi connectivity index (χ0n) is 22.5. The summed E-state index contributed by atoms with van der Waals surface area (Å²) in [5.74, 6) is 0.847. The molecule has 3 N–H and O–H groups in total. The normalized spacial score (nSPS) is 21.0. The summed E-state index contributed by atoms with van der Waals surface area (Å²) in [4.78, 5) is 16.2. The van der Waals surface area contributed by atoms with Crippen LogP contribution < -0.4 is 10.2 Å². The molecule has 8 nitrogen and oxygen atoms in total. The van der Waals surface area contributed by atoms with Gasteiger partial charge in [-0.1, -0.05) is 18.6 Å². The second-order valence-corrected chi connectivity index (χ2v) is 11.6. The van der Waals surface area contributed by atoms with Crippen LogP contribution in [-0.2, 0) is 0 Å². The lowest BCUT2D eigenvalue weighted by Crippen LogP contribution is -2.46. The highest BCUT2D eigenvalue weighted by Gasteiger charge is 2.26. The van der Waals surface area contributed by atoms with Gasteiger partial charge in [0.05, 0.1) is 16.7 Å². The summed E-state index contributed by atoms with van der Waals surface area (Å²) in [6.45, 7) is 7.13. The molecule has 200 valence electrons. The van der Waals surface area contributed by atoms with E-state index in [9.17, 15) is 0 Å². The summed E-state index contributed by atoms with van der Waals surface area (Å²) < 4.78 is 0. The Morgan fingerprint density at radius 1 is 0.895 bits per heavy atom. The van der Waals surface area contributed by atoms with E-state index in [0.29, 0.717) is 6.04 Å². The fourth-order valence-electron chi connectivity index (χ4n) is 6.79. The minimum atomic E-state index is 0.492. The molecular formula is C30H40N8. The average molecular weight is 513 g/mol. The maximum Gasteiger partial charge on any atom is 0.157 e. The van der Waals surface area contributed by atoms with Crippen molar-refractivity contribution in [2.75, 3.05) is 56.5 Å². The maximum atomic E-state index is 4.94. The van der Waals surface area contributed by atoms with Gasteiger partial charge in [-0.2, -0.15) is 5.10 Å². The Kier molecular flexibility index (Phi) is 6.45. The van der Waals surface area contributed by atoms with Crippen LogP contribution in [0.3, 0.4) is 0 Å². The number of aromatic nitrogens is 4. The van der Waals surface area contributed by atoms with Gasteiger partial charge in [-0.3, -0.25) is 5.10 Å². The summed E-state index contributed by atoms with van der Waals surface area (Å²) in [7, 11) is 2.20. The fourth-order valence-corrected chi connectivity index (χ4v) is 6.79. The van der Waals surface area contributed by atoms with E-state index < -0.39 is 0 Å². The van der Waals surface area contributed by atoms with Crippen molar-refractivity contribution in [1.29, 1.82) is 0 Å². The molecule has 38 heavy (non-hydrogen) atoms. The molecule has 3 aliphatic rings. The summed E-state index contributed by atoms with van der Waals surface area (Å²) >= 11 is 0. The Labute approximate surface area is 224 Å². The van der Waals surface area contributed by atoms with Crippen molar-refractivity contribution in [3.63, 3.8) is 0 Å². The van der Waals surface area contributed by atoms with Crippen LogP contribution in [0.15, 0.2) is 36.4 Å². The Hall–Kier alpha value is -3.10. The summed E-state index contributed by atoms with van der Waals surface area (Å²) in [6, 6.07) is 14.3. The molecule has 5 heterocycles. The van der Waals surface area contributed by atoms with Crippen LogP contribution >= 0.6 is 0 Å². The highest BCUT2D eigenvalue weighted by molar-refractivity contribution is 5.99. The number of imidazole rings is 1. The molecule has 0 amide bonds. The lowest BCUT2D eigenvalue weighted by atomic mass is 9.99. The minimum absolute atomic E-state index is 0.492. The van der Waals surface area contributed by atoms with Crippen LogP contribution in [-0.4, -0.2) is 88.4 Å². The maximum absolute atomic E-state index is 4.94. The molecule has 3 saturated heterocycles. The predicted octanol–water partition coefficient (Wildman–Crippen LogP) is 5.07. The zero-order chi connectivity index (χ0) is 25.5. The Morgan fingerprint density at radius 3 is 2.53 bits per heavy atom. The van der Waals surface area contributed by atoms with Crippen molar-refractivity contribution in [3.8, 4) is 11.5 Å². The summed E-state index contributed by atoms with van der Waals surface area (Å²) in [5.41, 5.74) is 6.41. The number of hydrogen-bond donors (Lipinski definition) is 3. The van der Waals surface area contributed by atoms with E-state index in [1.54, 1.807) is 0 Å². The Morgan fingerprint density at radius 2 is 1.71 bits per heavy atom. The Balaban J connectivity index is 1.09. The predicted molar refractivity (Wildman–Crippen MR) is 156 cm³/mol. The van der Waals surface area contributed by atoms with Crippen LogP contribution in [0, 0.1) is 0 Å². The number of para-hydroxylation sites is 1. The number of likely N-dealkylation sites (tertiary alicyclic amines) is 2. The molecule has 2 aromatic heterocycles. The molecule has 0 saturated carbocycles. The van der Waals surface area contributed by atoms with Gasteiger partial charge in [-0.15, -0.1) is 0 Å². The van der Waals surface area contributed by atoms with E-state index in [4.69, 9.17) is 10.1 Å². The number of piperidine rings is 3. The molecule has 0 atom stereocenters. The van der Waals surface area contributed by atoms with E-state index >= 15 is 0 Å². The van der Waals surface area contributed by atoms with Gasteiger partial charge in [0.1, 0.15) is 11.2 Å². The van der Waals surface area contributed by atoms with Gasteiger partial charge in [0.25, 0.3) is 0 Å². The molecule has 2 aromatic carbocycles. The molecule has 7 rings (SSSR count). The first kappa shape index (κ1) is 24.0. The molecule has 0 radical (unpaired) electrons. The first-order valence-electron chi connectivity index (χ1n) is 14.6. The molecular weight excluding hydrogens is 472 g/mol. The van der Waals surface area contributed by atoms with E-state index in [0.717, 1.165) is 84.2 Å². The number of nitrogens with one attached hydrogen (secondary N) is 3. The van der Waals surface area contributed by atoms with Gasteiger partial charge in [-0.05, 0) is 96.0 Å². The fraction of sp³-hybridized carbons (Fsp3) is 0.533. The third-order valence-electron chi connectivity index (χ3n) is 9.10. The second-order valence-electron chi connectivity index (χ2n) is 11.6. The smallest absolute Gasteiger partial charge is 0.157 e. The van der Waals surface area contributed by atoms with Gasteiger partial charge in [-0.25, -0.2) is 4.98 Å². The topological polar surface area (TPSA) is 79.1 Å². The first-order chi connectivity index (χ1) is 18.7. The molecule has 0 spiro atoms. The van der Waals surface area contributed by atoms with E-state index in [2.05, 4.69) is 73.5 Å². The van der Waals surface area contributed by atoms with Crippen LogP contribution in [0.4, 0.5) is 11.4 Å². The van der Waals surface area contributed by atoms with Crippen LogP contribution in [0.1, 0.15) is 44.9 Å². The number of anilines is 2. The Bertz CT molecular complexity index is 1380. The average Bonchev–Trinajstić information content (AvgIpc) is 3.59. The number of fused-ring (bicyclic) bond motifs is 2. The highest BCUT2D eigenvalue weighted by Crippen LogP contribution is 2.32. The summed E-state index contributed by atoms with van der Waals surface area (Å²) in [6.07, 6.45) is 9.01. The number of rotatable bonds is 5. The third kappa shape index (κ3) is 4.64. The summed E-state index contributed by atoms with van der Waals surface area (Å²) in [5, 5.41) is 12.8. The standard InChI is InChI=1S/C30H40N8/c1-36-16-10-21(11-17-36)31-26-7-5-6-24-28(26)34-35-29(24)30-32-25-9-8-23(20-27(25)33-30)38-18-12-22(13-19-38)37-14-3-2-4-15-37/h5-9,20-22,31H,2-4,10-19H2,1H3,(H,32,33)(H,34,35). The van der Waals surface area contributed by atoms with Crippen molar-refractivity contribution in [2.24, 2.45) is 0 Å². The van der Waals surface area contributed by atoms with Gasteiger partial charge in [0.15, 0.2) is 5.82 Å². The minimum Gasteiger partial charge on any atom is -0.380 e. The SMILES string of the molecule is CN1CCC(Nc2cccc3c(-c4nc5ccc(N6CCC(N7CCCCC7)CC6)cc5[nH]4)[nH]nc23)CC1. The number of H-pyrrole nitrogens is 2. The second kappa shape index (κ2) is 10.2.